The maximum atomic E-state index is 13.6. The summed E-state index contributed by atoms with van der Waals surface area (Å²) in [4.78, 5) is 3.96. The van der Waals surface area contributed by atoms with Gasteiger partial charge in [-0.05, 0) is 29.8 Å². The molecule has 0 radical (unpaired) electrons. The first-order valence-corrected chi connectivity index (χ1v) is 6.25. The summed E-state index contributed by atoms with van der Waals surface area (Å²) in [5.74, 6) is -0.303. The van der Waals surface area contributed by atoms with E-state index in [0.717, 1.165) is 0 Å². The molecule has 1 aromatic heterocycles. The van der Waals surface area contributed by atoms with Gasteiger partial charge in [-0.3, -0.25) is 0 Å². The second-order valence-electron chi connectivity index (χ2n) is 3.47. The zero-order chi connectivity index (χ0) is 13.1. The van der Waals surface area contributed by atoms with Gasteiger partial charge in [0.1, 0.15) is 5.02 Å². The fraction of sp³-hybridized carbons (Fsp3) is 0.0833. The zero-order valence-corrected chi connectivity index (χ0v) is 11.5. The Balaban J connectivity index is 2.34. The molecule has 3 nitrogen and oxygen atoms in total. The molecule has 0 amide bonds. The molecule has 1 heterocycles. The summed E-state index contributed by atoms with van der Waals surface area (Å²) in [5, 5.41) is 0.294. The third-order valence-corrected chi connectivity index (χ3v) is 3.16. The lowest BCUT2D eigenvalue weighted by Crippen LogP contribution is -2.00. The molecule has 1 aromatic carbocycles. The van der Waals surface area contributed by atoms with E-state index in [9.17, 15) is 4.39 Å². The van der Waals surface area contributed by atoms with Gasteiger partial charge in [-0.25, -0.2) is 9.37 Å². The number of nitrogens with zero attached hydrogens (tertiary/aromatic N) is 1. The van der Waals surface area contributed by atoms with E-state index in [1.165, 1.54) is 18.3 Å². The average molecular weight is 332 g/mol. The summed E-state index contributed by atoms with van der Waals surface area (Å²) >= 11 is 9.21. The Morgan fingerprint density at radius 1 is 1.39 bits per heavy atom. The monoisotopic (exact) mass is 330 g/mol. The van der Waals surface area contributed by atoms with Crippen LogP contribution >= 0.6 is 27.5 Å². The third kappa shape index (κ3) is 2.80. The normalized spacial score (nSPS) is 10.4. The molecule has 0 saturated carbocycles. The van der Waals surface area contributed by atoms with Crippen molar-refractivity contribution in [3.05, 3.63) is 51.3 Å². The van der Waals surface area contributed by atoms with Gasteiger partial charge in [0.2, 0.25) is 5.88 Å². The van der Waals surface area contributed by atoms with Gasteiger partial charge in [-0.1, -0.05) is 27.5 Å². The van der Waals surface area contributed by atoms with Crippen LogP contribution in [0.2, 0.25) is 5.02 Å². The smallest absolute Gasteiger partial charge is 0.238 e. The molecule has 0 unspecified atom stereocenters. The lowest BCUT2D eigenvalue weighted by Gasteiger charge is -2.09. The fourth-order valence-corrected chi connectivity index (χ4v) is 1.91. The van der Waals surface area contributed by atoms with Crippen LogP contribution in [0.15, 0.2) is 34.9 Å². The minimum Gasteiger partial charge on any atom is -0.434 e. The van der Waals surface area contributed by atoms with Crippen LogP contribution in [0.4, 0.5) is 4.39 Å². The predicted octanol–water partition coefficient (Wildman–Crippen LogP) is 3.89. The van der Waals surface area contributed by atoms with Crippen LogP contribution in [0.5, 0.6) is 11.6 Å². The van der Waals surface area contributed by atoms with Gasteiger partial charge >= 0.3 is 0 Å². The van der Waals surface area contributed by atoms with E-state index in [-0.39, 0.29) is 18.2 Å². The van der Waals surface area contributed by atoms with Gasteiger partial charge in [-0.2, -0.15) is 0 Å². The molecule has 6 heteroatoms. The molecule has 0 spiro atoms. The highest BCUT2D eigenvalue weighted by molar-refractivity contribution is 9.10. The van der Waals surface area contributed by atoms with E-state index >= 15 is 0 Å². The highest BCUT2D eigenvalue weighted by atomic mass is 79.9. The number of hydrogen-bond donors (Lipinski definition) is 1. The number of hydrogen-bond acceptors (Lipinski definition) is 3. The van der Waals surface area contributed by atoms with Crippen molar-refractivity contribution in [2.24, 2.45) is 5.73 Å². The molecule has 94 valence electrons. The number of halogens is 3. The maximum absolute atomic E-state index is 13.6. The van der Waals surface area contributed by atoms with E-state index in [4.69, 9.17) is 22.1 Å². The first kappa shape index (κ1) is 13.3. The van der Waals surface area contributed by atoms with Crippen LogP contribution in [0.25, 0.3) is 0 Å². The summed E-state index contributed by atoms with van der Waals surface area (Å²) in [5.41, 5.74) is 6.21. The van der Waals surface area contributed by atoms with Gasteiger partial charge in [0, 0.05) is 17.2 Å². The molecule has 2 rings (SSSR count). The number of aromatic nitrogens is 1. The first-order valence-electron chi connectivity index (χ1n) is 5.08. The number of ether oxygens (including phenoxy) is 1. The lowest BCUT2D eigenvalue weighted by atomic mass is 10.2. The molecule has 18 heavy (non-hydrogen) atoms. The van der Waals surface area contributed by atoms with Crippen molar-refractivity contribution in [3.8, 4) is 11.6 Å². The molecular weight excluding hydrogens is 322 g/mol. The van der Waals surface area contributed by atoms with Gasteiger partial charge in [0.05, 0.1) is 0 Å². The van der Waals surface area contributed by atoms with E-state index in [1.807, 2.05) is 0 Å². The van der Waals surface area contributed by atoms with Crippen molar-refractivity contribution in [2.75, 3.05) is 0 Å². The van der Waals surface area contributed by atoms with E-state index in [2.05, 4.69) is 20.9 Å². The predicted molar refractivity (Wildman–Crippen MR) is 71.3 cm³/mol. The molecule has 2 aromatic rings. The van der Waals surface area contributed by atoms with Crippen molar-refractivity contribution < 1.29 is 9.13 Å². The molecular formula is C12H9BrClFN2O. The fourth-order valence-electron chi connectivity index (χ4n) is 1.35. The summed E-state index contributed by atoms with van der Waals surface area (Å²) in [6.07, 6.45) is 1.51. The largest absolute Gasteiger partial charge is 0.434 e. The molecule has 0 aliphatic carbocycles. The molecule has 2 N–H and O–H groups in total. The second-order valence-corrected chi connectivity index (χ2v) is 4.76. The molecule has 0 aliphatic rings. The molecule has 0 atom stereocenters. The van der Waals surface area contributed by atoms with Gasteiger partial charge in [0.25, 0.3) is 0 Å². The third-order valence-electron chi connectivity index (χ3n) is 2.26. The Labute approximate surface area is 117 Å². The molecule has 0 aliphatic heterocycles. The summed E-state index contributed by atoms with van der Waals surface area (Å²) < 4.78 is 19.6. The van der Waals surface area contributed by atoms with Crippen molar-refractivity contribution in [2.45, 2.75) is 6.54 Å². The minimum absolute atomic E-state index is 0.0572. The van der Waals surface area contributed by atoms with Crippen LogP contribution in [0.1, 0.15) is 5.56 Å². The standard InChI is InChI=1S/C12H9BrClFN2O/c13-8-1-2-10(9(15)5-8)18-12-11(14)7(6-16)3-4-17-12/h1-5H,6,16H2. The average Bonchev–Trinajstić information content (AvgIpc) is 2.35. The summed E-state index contributed by atoms with van der Waals surface area (Å²) in [7, 11) is 0. The highest BCUT2D eigenvalue weighted by Gasteiger charge is 2.11. The van der Waals surface area contributed by atoms with Gasteiger partial charge in [0.15, 0.2) is 11.6 Å². The van der Waals surface area contributed by atoms with Crippen molar-refractivity contribution in [3.63, 3.8) is 0 Å². The quantitative estimate of drug-likeness (QED) is 0.928. The molecule has 0 bridgehead atoms. The molecule has 0 fully saturated rings. The van der Waals surface area contributed by atoms with Crippen molar-refractivity contribution in [1.82, 2.24) is 4.98 Å². The van der Waals surface area contributed by atoms with E-state index in [0.29, 0.717) is 15.1 Å². The maximum Gasteiger partial charge on any atom is 0.238 e. The van der Waals surface area contributed by atoms with Gasteiger partial charge in [-0.15, -0.1) is 0 Å². The Bertz CT molecular complexity index is 580. The highest BCUT2D eigenvalue weighted by Crippen LogP contribution is 2.31. The van der Waals surface area contributed by atoms with Crippen LogP contribution in [0.3, 0.4) is 0 Å². The molecule has 0 saturated heterocycles. The Morgan fingerprint density at radius 3 is 2.83 bits per heavy atom. The van der Waals surface area contributed by atoms with Crippen LogP contribution in [-0.4, -0.2) is 4.98 Å². The zero-order valence-electron chi connectivity index (χ0n) is 9.16. The second kappa shape index (κ2) is 5.65. The summed E-state index contributed by atoms with van der Waals surface area (Å²) in [6, 6.07) is 6.15. The first-order chi connectivity index (χ1) is 8.61. The van der Waals surface area contributed by atoms with E-state index < -0.39 is 5.82 Å². The number of pyridine rings is 1. The van der Waals surface area contributed by atoms with Crippen LogP contribution in [0, 0.1) is 5.82 Å². The Kier molecular flexibility index (Phi) is 4.16. The minimum atomic E-state index is -0.500. The van der Waals surface area contributed by atoms with Crippen LogP contribution < -0.4 is 10.5 Å². The SMILES string of the molecule is NCc1ccnc(Oc2ccc(Br)cc2F)c1Cl. The van der Waals surface area contributed by atoms with Gasteiger partial charge < -0.3 is 10.5 Å². The number of benzene rings is 1. The Hall–Kier alpha value is -1.17. The topological polar surface area (TPSA) is 48.1 Å². The Morgan fingerprint density at radius 2 is 2.17 bits per heavy atom. The lowest BCUT2D eigenvalue weighted by molar-refractivity contribution is 0.427. The van der Waals surface area contributed by atoms with Crippen LogP contribution in [-0.2, 0) is 6.54 Å². The van der Waals surface area contributed by atoms with Crippen molar-refractivity contribution >= 4 is 27.5 Å². The number of nitrogens with two attached hydrogens (primary N) is 1. The number of rotatable bonds is 3. The van der Waals surface area contributed by atoms with E-state index in [1.54, 1.807) is 12.1 Å². The summed E-state index contributed by atoms with van der Waals surface area (Å²) in [6.45, 7) is 0.264. The van der Waals surface area contributed by atoms with Crippen molar-refractivity contribution in [1.29, 1.82) is 0 Å².